The molecule has 0 atom stereocenters. The van der Waals surface area contributed by atoms with Crippen LogP contribution in [-0.2, 0) is 6.54 Å². The Balaban J connectivity index is 1.63. The van der Waals surface area contributed by atoms with Gasteiger partial charge in [0.15, 0.2) is 5.82 Å². The molecule has 0 amide bonds. The maximum atomic E-state index is 4.74. The van der Waals surface area contributed by atoms with E-state index in [1.165, 1.54) is 11.1 Å². The first-order valence-electron chi connectivity index (χ1n) is 8.94. The second-order valence-electron chi connectivity index (χ2n) is 6.76. The van der Waals surface area contributed by atoms with E-state index in [-0.39, 0.29) is 0 Å². The molecule has 0 unspecified atom stereocenters. The molecular weight excluding hydrogens is 334 g/mol. The summed E-state index contributed by atoms with van der Waals surface area (Å²) >= 11 is 0. The van der Waals surface area contributed by atoms with Gasteiger partial charge in [-0.15, -0.1) is 0 Å². The standard InChI is InChI=1S/C22H21N5/c1-15-13-23-9-7-20(15)14-27-10-8-21(26-27)18-5-4-6-19(12-18)22-24-16(2)11-17(3)25-22/h4-13H,14H2,1-3H3. The summed E-state index contributed by atoms with van der Waals surface area (Å²) < 4.78 is 1.96. The highest BCUT2D eigenvalue weighted by Crippen LogP contribution is 2.24. The second kappa shape index (κ2) is 7.11. The first-order chi connectivity index (χ1) is 13.1. The summed E-state index contributed by atoms with van der Waals surface area (Å²) in [5.74, 6) is 0.751. The summed E-state index contributed by atoms with van der Waals surface area (Å²) in [4.78, 5) is 13.3. The lowest BCUT2D eigenvalue weighted by atomic mass is 10.1. The van der Waals surface area contributed by atoms with Crippen LogP contribution in [0.15, 0.2) is 61.1 Å². The molecule has 5 heteroatoms. The molecule has 0 saturated carbocycles. The lowest BCUT2D eigenvalue weighted by Gasteiger charge is -2.06. The molecule has 134 valence electrons. The quantitative estimate of drug-likeness (QED) is 0.545. The number of hydrogen-bond donors (Lipinski definition) is 0. The van der Waals surface area contributed by atoms with Crippen molar-refractivity contribution >= 4 is 0 Å². The highest BCUT2D eigenvalue weighted by molar-refractivity contribution is 5.67. The van der Waals surface area contributed by atoms with Gasteiger partial charge in [0.2, 0.25) is 0 Å². The number of pyridine rings is 1. The molecule has 27 heavy (non-hydrogen) atoms. The van der Waals surface area contributed by atoms with Crippen molar-refractivity contribution in [1.82, 2.24) is 24.7 Å². The third-order valence-corrected chi connectivity index (χ3v) is 4.51. The third kappa shape index (κ3) is 3.77. The van der Waals surface area contributed by atoms with Crippen LogP contribution in [0.3, 0.4) is 0 Å². The highest BCUT2D eigenvalue weighted by Gasteiger charge is 2.08. The summed E-state index contributed by atoms with van der Waals surface area (Å²) in [6.07, 6.45) is 5.71. The molecule has 1 aromatic carbocycles. The number of benzene rings is 1. The van der Waals surface area contributed by atoms with E-state index < -0.39 is 0 Å². The Morgan fingerprint density at radius 3 is 2.44 bits per heavy atom. The van der Waals surface area contributed by atoms with E-state index >= 15 is 0 Å². The fourth-order valence-corrected chi connectivity index (χ4v) is 3.13. The van der Waals surface area contributed by atoms with Crippen molar-refractivity contribution in [3.8, 4) is 22.6 Å². The van der Waals surface area contributed by atoms with Crippen LogP contribution in [0.4, 0.5) is 0 Å². The molecule has 4 aromatic rings. The zero-order chi connectivity index (χ0) is 18.8. The van der Waals surface area contributed by atoms with Crippen molar-refractivity contribution in [3.63, 3.8) is 0 Å². The van der Waals surface area contributed by atoms with E-state index in [4.69, 9.17) is 5.10 Å². The molecule has 0 saturated heterocycles. The van der Waals surface area contributed by atoms with Crippen molar-refractivity contribution in [2.45, 2.75) is 27.3 Å². The fourth-order valence-electron chi connectivity index (χ4n) is 3.13. The minimum absolute atomic E-state index is 0.730. The normalized spacial score (nSPS) is 10.9. The largest absolute Gasteiger partial charge is 0.268 e. The average molecular weight is 355 g/mol. The van der Waals surface area contributed by atoms with Crippen LogP contribution in [0, 0.1) is 20.8 Å². The molecule has 0 N–H and O–H groups in total. The van der Waals surface area contributed by atoms with Gasteiger partial charge in [-0.1, -0.05) is 18.2 Å². The van der Waals surface area contributed by atoms with Gasteiger partial charge in [-0.2, -0.15) is 5.10 Å². The van der Waals surface area contributed by atoms with Crippen molar-refractivity contribution in [2.75, 3.05) is 0 Å². The Morgan fingerprint density at radius 1 is 0.889 bits per heavy atom. The molecule has 0 fully saturated rings. The van der Waals surface area contributed by atoms with Crippen LogP contribution in [0.2, 0.25) is 0 Å². The molecule has 0 radical (unpaired) electrons. The lowest BCUT2D eigenvalue weighted by Crippen LogP contribution is -2.02. The molecule has 5 nitrogen and oxygen atoms in total. The molecule has 0 spiro atoms. The van der Waals surface area contributed by atoms with Crippen LogP contribution in [-0.4, -0.2) is 24.7 Å². The van der Waals surface area contributed by atoms with Gasteiger partial charge in [0.1, 0.15) is 0 Å². The Kier molecular flexibility index (Phi) is 4.50. The third-order valence-electron chi connectivity index (χ3n) is 4.51. The summed E-state index contributed by atoms with van der Waals surface area (Å²) in [6, 6.07) is 14.3. The Labute approximate surface area is 158 Å². The van der Waals surface area contributed by atoms with Gasteiger partial charge in [0.05, 0.1) is 12.2 Å². The Hall–Kier alpha value is -3.34. The zero-order valence-corrected chi connectivity index (χ0v) is 15.7. The predicted octanol–water partition coefficient (Wildman–Crippen LogP) is 4.38. The number of aryl methyl sites for hydroxylation is 3. The molecule has 0 aliphatic heterocycles. The molecule has 0 bridgehead atoms. The summed E-state index contributed by atoms with van der Waals surface area (Å²) in [5.41, 5.74) is 7.33. The van der Waals surface area contributed by atoms with E-state index in [1.807, 2.05) is 67.5 Å². The number of rotatable bonds is 4. The van der Waals surface area contributed by atoms with Gasteiger partial charge >= 0.3 is 0 Å². The van der Waals surface area contributed by atoms with Gasteiger partial charge in [-0.3, -0.25) is 9.67 Å². The SMILES string of the molecule is Cc1cc(C)nc(-c2cccc(-c3ccn(Cc4ccncc4C)n3)c2)n1. The van der Waals surface area contributed by atoms with Gasteiger partial charge in [0, 0.05) is 41.1 Å². The minimum Gasteiger partial charge on any atom is -0.268 e. The van der Waals surface area contributed by atoms with Crippen LogP contribution in [0.5, 0.6) is 0 Å². The van der Waals surface area contributed by atoms with Crippen molar-refractivity contribution in [1.29, 1.82) is 0 Å². The minimum atomic E-state index is 0.730. The van der Waals surface area contributed by atoms with E-state index in [0.717, 1.165) is 40.6 Å². The van der Waals surface area contributed by atoms with Gasteiger partial charge < -0.3 is 0 Å². The number of nitrogens with zero attached hydrogens (tertiary/aromatic N) is 5. The molecular formula is C22H21N5. The first kappa shape index (κ1) is 17.1. The summed E-state index contributed by atoms with van der Waals surface area (Å²) in [6.45, 7) is 6.78. The summed E-state index contributed by atoms with van der Waals surface area (Å²) in [5, 5.41) is 4.74. The zero-order valence-electron chi connectivity index (χ0n) is 15.7. The highest BCUT2D eigenvalue weighted by atomic mass is 15.3. The predicted molar refractivity (Wildman–Crippen MR) is 106 cm³/mol. The van der Waals surface area contributed by atoms with Crippen LogP contribution in [0.25, 0.3) is 22.6 Å². The van der Waals surface area contributed by atoms with E-state index in [0.29, 0.717) is 0 Å². The van der Waals surface area contributed by atoms with Crippen LogP contribution >= 0.6 is 0 Å². The molecule has 0 aliphatic rings. The number of aromatic nitrogens is 5. The van der Waals surface area contributed by atoms with E-state index in [9.17, 15) is 0 Å². The van der Waals surface area contributed by atoms with E-state index in [1.54, 1.807) is 0 Å². The van der Waals surface area contributed by atoms with Crippen molar-refractivity contribution in [3.05, 3.63) is 83.6 Å². The van der Waals surface area contributed by atoms with Crippen molar-refractivity contribution < 1.29 is 0 Å². The Bertz CT molecular complexity index is 1080. The molecule has 3 aromatic heterocycles. The first-order valence-corrected chi connectivity index (χ1v) is 8.94. The summed E-state index contributed by atoms with van der Waals surface area (Å²) in [7, 11) is 0. The molecule has 4 rings (SSSR count). The van der Waals surface area contributed by atoms with Gasteiger partial charge in [-0.05, 0) is 56.2 Å². The van der Waals surface area contributed by atoms with Crippen molar-refractivity contribution in [2.24, 2.45) is 0 Å². The van der Waals surface area contributed by atoms with Gasteiger partial charge in [-0.25, -0.2) is 9.97 Å². The maximum absolute atomic E-state index is 4.74. The second-order valence-corrected chi connectivity index (χ2v) is 6.76. The van der Waals surface area contributed by atoms with Gasteiger partial charge in [0.25, 0.3) is 0 Å². The molecule has 3 heterocycles. The topological polar surface area (TPSA) is 56.5 Å². The lowest BCUT2D eigenvalue weighted by molar-refractivity contribution is 0.685. The monoisotopic (exact) mass is 355 g/mol. The van der Waals surface area contributed by atoms with Crippen LogP contribution in [0.1, 0.15) is 22.5 Å². The maximum Gasteiger partial charge on any atom is 0.159 e. The number of hydrogen-bond acceptors (Lipinski definition) is 4. The Morgan fingerprint density at radius 2 is 1.67 bits per heavy atom. The average Bonchev–Trinajstić information content (AvgIpc) is 3.12. The van der Waals surface area contributed by atoms with E-state index in [2.05, 4.69) is 34.0 Å². The smallest absolute Gasteiger partial charge is 0.159 e. The van der Waals surface area contributed by atoms with Crippen LogP contribution < -0.4 is 0 Å². The molecule has 0 aliphatic carbocycles. The fraction of sp³-hybridized carbons (Fsp3) is 0.182.